The third-order valence-corrected chi connectivity index (χ3v) is 4.84. The summed E-state index contributed by atoms with van der Waals surface area (Å²) >= 11 is 0. The number of ether oxygens (including phenoxy) is 1. The van der Waals surface area contributed by atoms with Crippen molar-refractivity contribution in [3.05, 3.63) is 18.3 Å². The summed E-state index contributed by atoms with van der Waals surface area (Å²) in [7, 11) is 0. The van der Waals surface area contributed by atoms with Crippen molar-refractivity contribution in [2.45, 2.75) is 63.5 Å². The minimum Gasteiger partial charge on any atom is -0.358 e. The Morgan fingerprint density at radius 2 is 1.81 bits per heavy atom. The van der Waals surface area contributed by atoms with Crippen LogP contribution in [-0.2, 0) is 4.74 Å². The van der Waals surface area contributed by atoms with Crippen LogP contribution >= 0.6 is 0 Å². The van der Waals surface area contributed by atoms with E-state index < -0.39 is 0 Å². The van der Waals surface area contributed by atoms with Gasteiger partial charge in [-0.15, -0.1) is 0 Å². The van der Waals surface area contributed by atoms with E-state index in [0.29, 0.717) is 5.92 Å². The molecule has 0 amide bonds. The number of rotatable bonds is 2. The number of hydrogen-bond acceptors (Lipinski definition) is 4. The van der Waals surface area contributed by atoms with E-state index in [1.54, 1.807) is 6.33 Å². The lowest BCUT2D eigenvalue weighted by Crippen LogP contribution is -2.17. The van der Waals surface area contributed by atoms with Crippen LogP contribution in [0.1, 0.15) is 69.2 Å². The van der Waals surface area contributed by atoms with Crippen molar-refractivity contribution in [3.8, 4) is 0 Å². The Labute approximate surface area is 124 Å². The molecule has 2 aromatic rings. The number of hydrogen-bond donors (Lipinski definition) is 0. The van der Waals surface area contributed by atoms with Crippen LogP contribution in [0.4, 0.5) is 0 Å². The summed E-state index contributed by atoms with van der Waals surface area (Å²) in [6, 6.07) is 0. The standard InChI is InChI=1S/C16H22N4O/c1-2-6-12(7-3-1)14-15-16(18-10-17-14)20(11-19-15)13-8-4-5-9-21-13/h10-13H,1-9H2. The molecule has 3 heterocycles. The van der Waals surface area contributed by atoms with Crippen molar-refractivity contribution >= 4 is 11.2 Å². The fourth-order valence-electron chi connectivity index (χ4n) is 3.70. The maximum Gasteiger partial charge on any atom is 0.165 e. The van der Waals surface area contributed by atoms with Crippen molar-refractivity contribution in [3.63, 3.8) is 0 Å². The molecule has 1 atom stereocenters. The summed E-state index contributed by atoms with van der Waals surface area (Å²) in [6.07, 6.45) is 13.6. The molecule has 1 aliphatic carbocycles. The van der Waals surface area contributed by atoms with Crippen LogP contribution in [0.15, 0.2) is 12.7 Å². The summed E-state index contributed by atoms with van der Waals surface area (Å²) in [6.45, 7) is 0.838. The predicted molar refractivity (Wildman–Crippen MR) is 80.0 cm³/mol. The molecule has 2 fully saturated rings. The van der Waals surface area contributed by atoms with Crippen LogP contribution in [-0.4, -0.2) is 26.1 Å². The summed E-state index contributed by atoms with van der Waals surface area (Å²) in [5.74, 6) is 0.555. The zero-order valence-electron chi connectivity index (χ0n) is 12.4. The normalized spacial score (nSPS) is 24.5. The van der Waals surface area contributed by atoms with E-state index in [4.69, 9.17) is 4.74 Å². The molecule has 5 nitrogen and oxygen atoms in total. The molecule has 1 unspecified atom stereocenters. The zero-order valence-corrected chi connectivity index (χ0v) is 12.4. The van der Waals surface area contributed by atoms with Crippen LogP contribution in [0.2, 0.25) is 0 Å². The maximum atomic E-state index is 5.88. The molecule has 0 spiro atoms. The van der Waals surface area contributed by atoms with Gasteiger partial charge < -0.3 is 4.74 Å². The van der Waals surface area contributed by atoms with Gasteiger partial charge in [0.05, 0.1) is 12.0 Å². The van der Waals surface area contributed by atoms with Crippen LogP contribution < -0.4 is 0 Å². The van der Waals surface area contributed by atoms with Crippen molar-refractivity contribution < 1.29 is 4.74 Å². The van der Waals surface area contributed by atoms with Crippen LogP contribution in [0.25, 0.3) is 11.2 Å². The van der Waals surface area contributed by atoms with Gasteiger partial charge >= 0.3 is 0 Å². The average Bonchev–Trinajstić information content (AvgIpc) is 3.00. The first kappa shape index (κ1) is 13.2. The number of aromatic nitrogens is 4. The van der Waals surface area contributed by atoms with Crippen molar-refractivity contribution in [1.82, 2.24) is 19.5 Å². The highest BCUT2D eigenvalue weighted by Crippen LogP contribution is 2.35. The molecule has 4 rings (SSSR count). The molecule has 0 N–H and O–H groups in total. The number of imidazole rings is 1. The summed E-state index contributed by atoms with van der Waals surface area (Å²) in [4.78, 5) is 13.7. The van der Waals surface area contributed by atoms with E-state index in [1.165, 1.54) is 38.5 Å². The smallest absolute Gasteiger partial charge is 0.165 e. The van der Waals surface area contributed by atoms with Gasteiger partial charge in [-0.3, -0.25) is 4.57 Å². The summed E-state index contributed by atoms with van der Waals surface area (Å²) in [5, 5.41) is 0. The minimum absolute atomic E-state index is 0.0952. The second-order valence-corrected chi connectivity index (χ2v) is 6.24. The molecule has 5 heteroatoms. The van der Waals surface area contributed by atoms with Crippen LogP contribution in [0, 0.1) is 0 Å². The molecular weight excluding hydrogens is 264 g/mol. The Hall–Kier alpha value is -1.49. The highest BCUT2D eigenvalue weighted by molar-refractivity contribution is 5.73. The Balaban J connectivity index is 1.71. The molecular formula is C16H22N4O. The maximum absolute atomic E-state index is 5.88. The number of fused-ring (bicyclic) bond motifs is 1. The molecule has 112 valence electrons. The first-order chi connectivity index (χ1) is 10.4. The highest BCUT2D eigenvalue weighted by Gasteiger charge is 2.24. The topological polar surface area (TPSA) is 52.8 Å². The van der Waals surface area contributed by atoms with Gasteiger partial charge in [0, 0.05) is 12.5 Å². The van der Waals surface area contributed by atoms with Gasteiger partial charge in [-0.1, -0.05) is 19.3 Å². The molecule has 1 aliphatic heterocycles. The predicted octanol–water partition coefficient (Wildman–Crippen LogP) is 3.57. The SMILES string of the molecule is c1nc(C2CCCCC2)c2ncn(C3CCCCO3)c2n1. The third kappa shape index (κ3) is 2.44. The van der Waals surface area contributed by atoms with Crippen molar-refractivity contribution in [1.29, 1.82) is 0 Å². The van der Waals surface area contributed by atoms with E-state index in [-0.39, 0.29) is 6.23 Å². The quantitative estimate of drug-likeness (QED) is 0.847. The highest BCUT2D eigenvalue weighted by atomic mass is 16.5. The van der Waals surface area contributed by atoms with Crippen molar-refractivity contribution in [2.75, 3.05) is 6.61 Å². The molecule has 1 saturated carbocycles. The Morgan fingerprint density at radius 3 is 2.62 bits per heavy atom. The first-order valence-corrected chi connectivity index (χ1v) is 8.22. The van der Waals surface area contributed by atoms with Gasteiger partial charge in [0.1, 0.15) is 18.1 Å². The second kappa shape index (κ2) is 5.72. The Morgan fingerprint density at radius 1 is 0.952 bits per heavy atom. The van der Waals surface area contributed by atoms with Crippen molar-refractivity contribution in [2.24, 2.45) is 0 Å². The van der Waals surface area contributed by atoms with Gasteiger partial charge in [0.15, 0.2) is 5.65 Å². The molecule has 0 radical (unpaired) electrons. The minimum atomic E-state index is 0.0952. The van der Waals surface area contributed by atoms with Gasteiger partial charge in [-0.25, -0.2) is 15.0 Å². The third-order valence-electron chi connectivity index (χ3n) is 4.84. The van der Waals surface area contributed by atoms with E-state index in [0.717, 1.165) is 36.3 Å². The summed E-state index contributed by atoms with van der Waals surface area (Å²) in [5.41, 5.74) is 3.07. The Bertz CT molecular complexity index is 612. The van der Waals surface area contributed by atoms with E-state index in [1.807, 2.05) is 6.33 Å². The van der Waals surface area contributed by atoms with Gasteiger partial charge in [-0.05, 0) is 32.1 Å². The molecule has 0 aromatic carbocycles. The second-order valence-electron chi connectivity index (χ2n) is 6.24. The fraction of sp³-hybridized carbons (Fsp3) is 0.688. The average molecular weight is 286 g/mol. The van der Waals surface area contributed by atoms with E-state index in [2.05, 4.69) is 19.5 Å². The van der Waals surface area contributed by atoms with E-state index in [9.17, 15) is 0 Å². The lowest BCUT2D eigenvalue weighted by atomic mass is 9.86. The lowest BCUT2D eigenvalue weighted by Gasteiger charge is -2.24. The van der Waals surface area contributed by atoms with Crippen LogP contribution in [0.3, 0.4) is 0 Å². The fourth-order valence-corrected chi connectivity index (χ4v) is 3.70. The molecule has 2 aromatic heterocycles. The number of nitrogens with zero attached hydrogens (tertiary/aromatic N) is 4. The zero-order chi connectivity index (χ0) is 14.1. The molecule has 21 heavy (non-hydrogen) atoms. The lowest BCUT2D eigenvalue weighted by molar-refractivity contribution is -0.0298. The summed E-state index contributed by atoms with van der Waals surface area (Å²) < 4.78 is 7.98. The molecule has 2 aliphatic rings. The monoisotopic (exact) mass is 286 g/mol. The first-order valence-electron chi connectivity index (χ1n) is 8.22. The Kier molecular flexibility index (Phi) is 3.59. The van der Waals surface area contributed by atoms with Gasteiger partial charge in [0.25, 0.3) is 0 Å². The van der Waals surface area contributed by atoms with E-state index >= 15 is 0 Å². The van der Waals surface area contributed by atoms with Gasteiger partial charge in [0.2, 0.25) is 0 Å². The molecule has 0 bridgehead atoms. The largest absolute Gasteiger partial charge is 0.358 e. The molecule has 1 saturated heterocycles. The van der Waals surface area contributed by atoms with Crippen LogP contribution in [0.5, 0.6) is 0 Å². The van der Waals surface area contributed by atoms with Gasteiger partial charge in [-0.2, -0.15) is 0 Å².